The van der Waals surface area contributed by atoms with Crippen molar-refractivity contribution >= 4 is 33.6 Å². The van der Waals surface area contributed by atoms with Crippen molar-refractivity contribution in [3.63, 3.8) is 0 Å². The second kappa shape index (κ2) is 3.61. The zero-order chi connectivity index (χ0) is 12.1. The van der Waals surface area contributed by atoms with E-state index in [1.165, 1.54) is 21.9 Å². The van der Waals surface area contributed by atoms with Crippen molar-refractivity contribution in [2.45, 2.75) is 16.6 Å². The van der Waals surface area contributed by atoms with Crippen molar-refractivity contribution in [2.75, 3.05) is 0 Å². The van der Waals surface area contributed by atoms with Crippen LogP contribution in [0.3, 0.4) is 0 Å². The normalized spacial score (nSPS) is 21.7. The second-order valence-electron chi connectivity index (χ2n) is 5.56. The molecule has 0 saturated carbocycles. The van der Waals surface area contributed by atoms with E-state index in [2.05, 4.69) is 80.1 Å². The van der Waals surface area contributed by atoms with Gasteiger partial charge < -0.3 is 0 Å². The van der Waals surface area contributed by atoms with E-state index in [1.807, 2.05) is 0 Å². The Kier molecular flexibility index (Phi) is 2.51. The molecule has 17 heavy (non-hydrogen) atoms. The van der Waals surface area contributed by atoms with Crippen LogP contribution in [0.25, 0.3) is 11.1 Å². The molecular formula is C15H16AsI. The minimum absolute atomic E-state index is 1.27. The molecule has 0 nitrogen and oxygen atoms in total. The number of benzene rings is 2. The van der Waals surface area contributed by atoms with E-state index in [0.717, 1.165) is 0 Å². The standard InChI is InChI=1S/C15H16AsI/c1-16(2,17)11-12-7-3-4-8-13(12)14-9-5-6-10-15(14)16/h3-10H,11H2,1-2H3. The maximum absolute atomic E-state index is 2.79. The second-order valence-corrected chi connectivity index (χ2v) is 32.7. The number of hydrogen-bond acceptors (Lipinski definition) is 0. The van der Waals surface area contributed by atoms with Gasteiger partial charge in [0, 0.05) is 0 Å². The molecule has 2 aromatic rings. The zero-order valence-corrected chi connectivity index (χ0v) is 14.2. The first-order chi connectivity index (χ1) is 7.96. The molecule has 0 saturated heterocycles. The van der Waals surface area contributed by atoms with Crippen molar-refractivity contribution in [1.29, 1.82) is 0 Å². The van der Waals surface area contributed by atoms with Gasteiger partial charge in [-0.25, -0.2) is 0 Å². The molecule has 0 aromatic heterocycles. The summed E-state index contributed by atoms with van der Waals surface area (Å²) in [5, 5.41) is 1.27. The van der Waals surface area contributed by atoms with Gasteiger partial charge >= 0.3 is 115 Å². The molecule has 0 atom stereocenters. The van der Waals surface area contributed by atoms with E-state index in [1.54, 1.807) is 4.35 Å². The van der Waals surface area contributed by atoms with Crippen LogP contribution in [-0.2, 0) is 5.21 Å². The zero-order valence-electron chi connectivity index (χ0n) is 10.2. The van der Waals surface area contributed by atoms with Crippen molar-refractivity contribution in [1.82, 2.24) is 0 Å². The molecule has 1 heterocycles. The predicted molar refractivity (Wildman–Crippen MR) is 86.7 cm³/mol. The third-order valence-corrected chi connectivity index (χ3v) is 14.6. The van der Waals surface area contributed by atoms with E-state index < -0.39 is 9.10 Å². The van der Waals surface area contributed by atoms with Gasteiger partial charge in [-0.1, -0.05) is 0 Å². The molecule has 88 valence electrons. The third-order valence-electron chi connectivity index (χ3n) is 3.58. The summed E-state index contributed by atoms with van der Waals surface area (Å²) in [6.45, 7) is 0. The molecule has 0 unspecified atom stereocenters. The number of halogens is 1. The average Bonchev–Trinajstić information content (AvgIpc) is 2.28. The van der Waals surface area contributed by atoms with E-state index in [-0.39, 0.29) is 0 Å². The van der Waals surface area contributed by atoms with Crippen LogP contribution >= 0.6 is 20.1 Å². The van der Waals surface area contributed by atoms with Gasteiger partial charge in [-0.15, -0.1) is 0 Å². The Morgan fingerprint density at radius 3 is 2.24 bits per heavy atom. The molecule has 0 amide bonds. The van der Waals surface area contributed by atoms with E-state index >= 15 is 0 Å². The maximum atomic E-state index is 2.79. The fourth-order valence-electron chi connectivity index (χ4n) is 2.80. The molecule has 2 aromatic carbocycles. The Labute approximate surface area is 115 Å². The molecule has 0 aliphatic carbocycles. The molecule has 1 aliphatic heterocycles. The summed E-state index contributed by atoms with van der Waals surface area (Å²) in [5.74, 6) is 0. The average molecular weight is 398 g/mol. The summed E-state index contributed by atoms with van der Waals surface area (Å²) in [7, 11) is -2.35. The van der Waals surface area contributed by atoms with Crippen molar-refractivity contribution in [3.8, 4) is 11.1 Å². The molecule has 0 fully saturated rings. The molecule has 0 N–H and O–H groups in total. The Hall–Kier alpha value is -0.272. The number of hydrogen-bond donors (Lipinski definition) is 0. The number of fused-ring (bicyclic) bond motifs is 3. The molecule has 3 rings (SSSR count). The topological polar surface area (TPSA) is 0 Å². The Morgan fingerprint density at radius 2 is 1.47 bits per heavy atom. The third kappa shape index (κ3) is 1.88. The summed E-state index contributed by atoms with van der Waals surface area (Å²) >= 11 is 2.79. The summed E-state index contributed by atoms with van der Waals surface area (Å²) in [5.41, 5.74) is 9.50. The van der Waals surface area contributed by atoms with Crippen LogP contribution in [0.4, 0.5) is 0 Å². The summed E-state index contributed by atoms with van der Waals surface area (Å²) in [4.78, 5) is 0. The van der Waals surface area contributed by atoms with Crippen LogP contribution in [0.2, 0.25) is 11.4 Å². The van der Waals surface area contributed by atoms with Gasteiger partial charge in [-0.05, 0) is 0 Å². The Balaban J connectivity index is 2.39. The van der Waals surface area contributed by atoms with Crippen molar-refractivity contribution in [2.24, 2.45) is 0 Å². The van der Waals surface area contributed by atoms with Gasteiger partial charge in [0.15, 0.2) is 0 Å². The quantitative estimate of drug-likeness (QED) is 0.460. The fourth-order valence-corrected chi connectivity index (χ4v) is 13.0. The molecule has 0 radical (unpaired) electrons. The Morgan fingerprint density at radius 1 is 0.882 bits per heavy atom. The van der Waals surface area contributed by atoms with Crippen molar-refractivity contribution < 1.29 is 0 Å². The van der Waals surface area contributed by atoms with E-state index in [4.69, 9.17) is 0 Å². The van der Waals surface area contributed by atoms with Gasteiger partial charge in [0.1, 0.15) is 0 Å². The fraction of sp³-hybridized carbons (Fsp3) is 0.200. The first-order valence-electron chi connectivity index (χ1n) is 5.86. The first kappa shape index (κ1) is 11.8. The predicted octanol–water partition coefficient (Wildman–Crippen LogP) is 4.25. The van der Waals surface area contributed by atoms with E-state index in [0.29, 0.717) is 0 Å². The molecule has 2 heteroatoms. The minimum atomic E-state index is -2.35. The monoisotopic (exact) mass is 398 g/mol. The van der Waals surface area contributed by atoms with Gasteiger partial charge in [0.05, 0.1) is 0 Å². The van der Waals surface area contributed by atoms with Crippen LogP contribution in [0.5, 0.6) is 0 Å². The SMILES string of the molecule is C[As]1(C)(I)Cc2ccccc2-c2ccccc21. The van der Waals surface area contributed by atoms with Crippen LogP contribution in [0, 0.1) is 0 Å². The van der Waals surface area contributed by atoms with Crippen molar-refractivity contribution in [3.05, 3.63) is 54.1 Å². The van der Waals surface area contributed by atoms with Gasteiger partial charge in [-0.3, -0.25) is 0 Å². The van der Waals surface area contributed by atoms with Crippen LogP contribution in [-0.4, -0.2) is 9.10 Å². The summed E-state index contributed by atoms with van der Waals surface area (Å²) in [6, 6.07) is 17.9. The molecule has 0 spiro atoms. The molecule has 0 bridgehead atoms. The van der Waals surface area contributed by atoms with Crippen LogP contribution in [0.1, 0.15) is 5.56 Å². The number of rotatable bonds is 0. The molecule has 1 aliphatic rings. The summed E-state index contributed by atoms with van der Waals surface area (Å²) in [6.07, 6.45) is 0. The van der Waals surface area contributed by atoms with Gasteiger partial charge in [-0.2, -0.15) is 0 Å². The van der Waals surface area contributed by atoms with Gasteiger partial charge in [0.2, 0.25) is 0 Å². The van der Waals surface area contributed by atoms with E-state index in [9.17, 15) is 0 Å². The summed E-state index contributed by atoms with van der Waals surface area (Å²) < 4.78 is 1.63. The Bertz CT molecular complexity index is 593. The van der Waals surface area contributed by atoms with Gasteiger partial charge in [0.25, 0.3) is 0 Å². The van der Waals surface area contributed by atoms with Crippen LogP contribution in [0.15, 0.2) is 48.5 Å². The first-order valence-corrected chi connectivity index (χ1v) is 17.6. The van der Waals surface area contributed by atoms with Crippen LogP contribution < -0.4 is 4.35 Å². The molecular weight excluding hydrogens is 382 g/mol.